The highest BCUT2D eigenvalue weighted by atomic mass is 79.9. The van der Waals surface area contributed by atoms with Crippen molar-refractivity contribution in [2.24, 2.45) is 0 Å². The molecule has 0 spiro atoms. The third-order valence-corrected chi connectivity index (χ3v) is 3.80. The molecule has 1 aromatic heterocycles. The number of aromatic nitrogens is 1. The second-order valence-corrected chi connectivity index (χ2v) is 5.60. The molecule has 1 aromatic rings. The van der Waals surface area contributed by atoms with Crippen molar-refractivity contribution in [2.75, 3.05) is 31.2 Å². The number of morpholine rings is 1. The first kappa shape index (κ1) is 12.7. The van der Waals surface area contributed by atoms with Gasteiger partial charge in [0, 0.05) is 23.8 Å². The van der Waals surface area contributed by atoms with Crippen LogP contribution in [0.25, 0.3) is 0 Å². The number of ether oxygens (including phenoxy) is 1. The van der Waals surface area contributed by atoms with Crippen molar-refractivity contribution in [2.45, 2.75) is 5.03 Å². The van der Waals surface area contributed by atoms with Gasteiger partial charge in [0.15, 0.2) is 0 Å². The largest absolute Gasteiger partial charge is 0.378 e. The maximum absolute atomic E-state index is 13.1. The first-order valence-corrected chi connectivity index (χ1v) is 7.09. The Morgan fingerprint density at radius 2 is 2.06 bits per heavy atom. The third kappa shape index (κ3) is 2.75. The lowest BCUT2D eigenvalue weighted by Gasteiger charge is -2.30. The van der Waals surface area contributed by atoms with E-state index in [0.29, 0.717) is 30.8 Å². The van der Waals surface area contributed by atoms with Crippen LogP contribution in [0.3, 0.4) is 0 Å². The molecule has 8 heteroatoms. The minimum absolute atomic E-state index is 0.262. The van der Waals surface area contributed by atoms with Crippen molar-refractivity contribution < 1.29 is 17.0 Å². The van der Waals surface area contributed by atoms with Crippen molar-refractivity contribution in [1.29, 1.82) is 0 Å². The smallest absolute Gasteiger partial charge is 0.351 e. The molecule has 0 aliphatic carbocycles. The molecule has 0 atom stereocenters. The number of nitrogens with zero attached hydrogens (tertiary/aromatic N) is 2. The molecule has 0 amide bonds. The fourth-order valence-electron chi connectivity index (χ4n) is 1.66. The van der Waals surface area contributed by atoms with Crippen LogP contribution in [0.1, 0.15) is 0 Å². The van der Waals surface area contributed by atoms with Crippen LogP contribution in [0.15, 0.2) is 21.8 Å². The van der Waals surface area contributed by atoms with Gasteiger partial charge in [-0.2, -0.15) is 8.42 Å². The molecule has 1 saturated heterocycles. The van der Waals surface area contributed by atoms with Crippen molar-refractivity contribution in [1.82, 2.24) is 4.98 Å². The number of hydrogen-bond donors (Lipinski definition) is 0. The van der Waals surface area contributed by atoms with Crippen LogP contribution in [0.5, 0.6) is 0 Å². The van der Waals surface area contributed by atoms with E-state index in [-0.39, 0.29) is 5.69 Å². The number of rotatable bonds is 2. The Morgan fingerprint density at radius 1 is 1.41 bits per heavy atom. The summed E-state index contributed by atoms with van der Waals surface area (Å²) in [6.45, 7) is 1.97. The van der Waals surface area contributed by atoms with Gasteiger partial charge in [-0.15, -0.1) is 0 Å². The van der Waals surface area contributed by atoms with E-state index in [2.05, 4.69) is 20.9 Å². The van der Waals surface area contributed by atoms with Crippen LogP contribution in [0.4, 0.5) is 9.57 Å². The Morgan fingerprint density at radius 3 is 2.65 bits per heavy atom. The quantitative estimate of drug-likeness (QED) is 0.768. The molecule has 0 radical (unpaired) electrons. The van der Waals surface area contributed by atoms with Gasteiger partial charge in [0.25, 0.3) is 0 Å². The molecule has 94 valence electrons. The van der Waals surface area contributed by atoms with Crippen molar-refractivity contribution in [3.8, 4) is 0 Å². The summed E-state index contributed by atoms with van der Waals surface area (Å²) in [6, 6.07) is 1.58. The molecule has 0 aromatic carbocycles. The van der Waals surface area contributed by atoms with Gasteiger partial charge in [0.05, 0.1) is 18.9 Å². The molecule has 5 nitrogen and oxygen atoms in total. The van der Waals surface area contributed by atoms with E-state index in [1.54, 1.807) is 11.0 Å². The first-order chi connectivity index (χ1) is 8.00. The molecule has 0 bridgehead atoms. The summed E-state index contributed by atoms with van der Waals surface area (Å²) in [6.07, 6.45) is 1.25. The van der Waals surface area contributed by atoms with E-state index < -0.39 is 15.2 Å². The maximum Gasteiger partial charge on any atom is 0.351 e. The zero-order chi connectivity index (χ0) is 12.5. The van der Waals surface area contributed by atoms with Gasteiger partial charge < -0.3 is 9.64 Å². The van der Waals surface area contributed by atoms with Gasteiger partial charge in [-0.3, -0.25) is 0 Å². The van der Waals surface area contributed by atoms with Crippen molar-refractivity contribution in [3.05, 3.63) is 16.7 Å². The molecule has 2 heterocycles. The van der Waals surface area contributed by atoms with Crippen LogP contribution in [0, 0.1) is 0 Å². The maximum atomic E-state index is 13.1. The first-order valence-electron chi connectivity index (χ1n) is 4.92. The van der Waals surface area contributed by atoms with Gasteiger partial charge in [-0.1, -0.05) is 3.89 Å². The third-order valence-electron chi connectivity index (χ3n) is 2.40. The van der Waals surface area contributed by atoms with Crippen LogP contribution in [-0.4, -0.2) is 39.7 Å². The molecule has 0 saturated carbocycles. The zero-order valence-corrected chi connectivity index (χ0v) is 11.2. The van der Waals surface area contributed by atoms with E-state index in [9.17, 15) is 12.3 Å². The number of halogens is 2. The number of anilines is 1. The Kier molecular flexibility index (Phi) is 3.64. The fraction of sp³-hybridized carbons (Fsp3) is 0.444. The summed E-state index contributed by atoms with van der Waals surface area (Å²) < 4.78 is 40.9. The fourth-order valence-corrected chi connectivity index (χ4v) is 3.01. The highest BCUT2D eigenvalue weighted by molar-refractivity contribution is 9.10. The molecule has 0 N–H and O–H groups in total. The van der Waals surface area contributed by atoms with Gasteiger partial charge in [-0.05, 0) is 22.0 Å². The molecule has 2 rings (SSSR count). The lowest BCUT2D eigenvalue weighted by atomic mass is 10.3. The molecular formula is C9H10BrFN2O3S. The average Bonchev–Trinajstić information content (AvgIpc) is 2.28. The average molecular weight is 325 g/mol. The van der Waals surface area contributed by atoms with Crippen molar-refractivity contribution >= 4 is 31.8 Å². The van der Waals surface area contributed by atoms with Crippen LogP contribution in [-0.2, 0) is 15.0 Å². The second kappa shape index (κ2) is 4.87. The number of pyridine rings is 1. The Bertz CT molecular complexity index is 517. The Balaban J connectivity index is 2.50. The topological polar surface area (TPSA) is 59.5 Å². The molecule has 1 aliphatic heterocycles. The lowest BCUT2D eigenvalue weighted by Crippen LogP contribution is -2.37. The molecule has 17 heavy (non-hydrogen) atoms. The van der Waals surface area contributed by atoms with Crippen LogP contribution in [0.2, 0.25) is 0 Å². The van der Waals surface area contributed by atoms with Gasteiger partial charge in [0.1, 0.15) is 0 Å². The predicted molar refractivity (Wildman–Crippen MR) is 63.3 cm³/mol. The van der Waals surface area contributed by atoms with E-state index >= 15 is 0 Å². The number of hydrogen-bond acceptors (Lipinski definition) is 5. The van der Waals surface area contributed by atoms with E-state index in [4.69, 9.17) is 4.74 Å². The summed E-state index contributed by atoms with van der Waals surface area (Å²) in [5, 5.41) is -0.547. The van der Waals surface area contributed by atoms with Crippen LogP contribution < -0.4 is 4.90 Å². The highest BCUT2D eigenvalue weighted by Crippen LogP contribution is 2.32. The van der Waals surface area contributed by atoms with Crippen molar-refractivity contribution in [3.63, 3.8) is 0 Å². The predicted octanol–water partition coefficient (Wildman–Crippen LogP) is 1.34. The normalized spacial score (nSPS) is 17.2. The van der Waals surface area contributed by atoms with E-state index in [1.165, 1.54) is 6.20 Å². The molecule has 1 aliphatic rings. The standard InChI is InChI=1S/C9H10BrFN2O3S/c10-7-1-2-12-9(17(11,14)15)8(7)13-3-5-16-6-4-13/h1-2H,3-6H2. The minimum Gasteiger partial charge on any atom is -0.378 e. The van der Waals surface area contributed by atoms with E-state index in [0.717, 1.165) is 0 Å². The van der Waals surface area contributed by atoms with Gasteiger partial charge in [-0.25, -0.2) is 4.98 Å². The highest BCUT2D eigenvalue weighted by Gasteiger charge is 2.26. The SMILES string of the molecule is O=S(=O)(F)c1nccc(Br)c1N1CCOCC1. The lowest BCUT2D eigenvalue weighted by molar-refractivity contribution is 0.122. The summed E-state index contributed by atoms with van der Waals surface area (Å²) >= 11 is 3.22. The summed E-state index contributed by atoms with van der Waals surface area (Å²) in [4.78, 5) is 5.35. The monoisotopic (exact) mass is 324 g/mol. The molecular weight excluding hydrogens is 315 g/mol. The summed E-state index contributed by atoms with van der Waals surface area (Å²) in [5.41, 5.74) is 0.262. The van der Waals surface area contributed by atoms with Crippen LogP contribution >= 0.6 is 15.9 Å². The molecule has 1 fully saturated rings. The summed E-state index contributed by atoms with van der Waals surface area (Å²) in [7, 11) is -4.83. The van der Waals surface area contributed by atoms with E-state index in [1.807, 2.05) is 0 Å². The second-order valence-electron chi connectivity index (χ2n) is 3.48. The minimum atomic E-state index is -4.83. The van der Waals surface area contributed by atoms with Gasteiger partial charge in [0.2, 0.25) is 5.03 Å². The van der Waals surface area contributed by atoms with Gasteiger partial charge >= 0.3 is 10.2 Å². The Hall–Kier alpha value is -0.730. The Labute approximate surface area is 107 Å². The zero-order valence-electron chi connectivity index (χ0n) is 8.77. The summed E-state index contributed by atoms with van der Waals surface area (Å²) in [5.74, 6) is 0. The molecule has 0 unspecified atom stereocenters.